The van der Waals surface area contributed by atoms with Gasteiger partial charge >= 0.3 is 0 Å². The molecular weight excluding hydrogens is 262 g/mol. The number of hydrogen-bond acceptors (Lipinski definition) is 4. The fourth-order valence-electron chi connectivity index (χ4n) is 1.93. The molecule has 0 amide bonds. The third-order valence-electron chi connectivity index (χ3n) is 2.85. The molecule has 0 aliphatic carbocycles. The van der Waals surface area contributed by atoms with E-state index in [4.69, 9.17) is 5.73 Å². The molecule has 0 atom stereocenters. The minimum atomic E-state index is -0.279. The van der Waals surface area contributed by atoms with Crippen molar-refractivity contribution in [3.63, 3.8) is 0 Å². The Morgan fingerprint density at radius 2 is 2.21 bits per heavy atom. The van der Waals surface area contributed by atoms with Crippen molar-refractivity contribution in [2.45, 2.75) is 12.8 Å². The molecule has 4 nitrogen and oxygen atoms in total. The van der Waals surface area contributed by atoms with Crippen molar-refractivity contribution >= 4 is 27.4 Å². The number of benzene rings is 1. The minimum Gasteiger partial charge on any atom is -0.382 e. The molecule has 2 heterocycles. The first-order valence-electron chi connectivity index (χ1n) is 6.03. The average Bonchev–Trinajstić information content (AvgIpc) is 3.01. The van der Waals surface area contributed by atoms with Crippen LogP contribution >= 0.6 is 11.3 Å². The summed E-state index contributed by atoms with van der Waals surface area (Å²) in [5.41, 5.74) is 7.67. The van der Waals surface area contributed by atoms with E-state index in [1.807, 2.05) is 12.1 Å². The van der Waals surface area contributed by atoms with Gasteiger partial charge in [0.15, 0.2) is 0 Å². The number of thiazole rings is 1. The van der Waals surface area contributed by atoms with E-state index in [0.717, 1.165) is 27.3 Å². The molecule has 0 aliphatic rings. The van der Waals surface area contributed by atoms with Crippen LogP contribution in [0.25, 0.3) is 15.3 Å². The van der Waals surface area contributed by atoms with Gasteiger partial charge < -0.3 is 5.73 Å². The number of alkyl halides is 1. The SMILES string of the molecule is Nc1ccn(-c2nc3ccc(CCC[18F])cc3s2)n1. The molecule has 0 radical (unpaired) electrons. The fraction of sp³-hybridized carbons (Fsp3) is 0.231. The van der Waals surface area contributed by atoms with E-state index in [-0.39, 0.29) is 6.67 Å². The minimum absolute atomic E-state index is 0.279. The molecule has 3 aromatic rings. The number of rotatable bonds is 4. The summed E-state index contributed by atoms with van der Waals surface area (Å²) in [6.07, 6.45) is 3.11. The monoisotopic (exact) mass is 275 g/mol. The summed E-state index contributed by atoms with van der Waals surface area (Å²) in [6.45, 7) is -0.279. The first kappa shape index (κ1) is 12.1. The number of nitrogens with two attached hydrogens (primary N) is 1. The van der Waals surface area contributed by atoms with Crippen molar-refractivity contribution in [3.8, 4) is 5.13 Å². The van der Waals surface area contributed by atoms with E-state index >= 15 is 0 Å². The van der Waals surface area contributed by atoms with Gasteiger partial charge in [0.1, 0.15) is 5.82 Å². The van der Waals surface area contributed by atoms with Gasteiger partial charge in [-0.1, -0.05) is 17.4 Å². The van der Waals surface area contributed by atoms with Crippen molar-refractivity contribution in [2.75, 3.05) is 12.4 Å². The topological polar surface area (TPSA) is 56.7 Å². The van der Waals surface area contributed by atoms with E-state index < -0.39 is 0 Å². The molecule has 1 aromatic carbocycles. The molecule has 0 unspecified atom stereocenters. The molecule has 0 saturated heterocycles. The van der Waals surface area contributed by atoms with E-state index in [0.29, 0.717) is 12.2 Å². The van der Waals surface area contributed by atoms with Crippen LogP contribution in [0, 0.1) is 0 Å². The smallest absolute Gasteiger partial charge is 0.211 e. The van der Waals surface area contributed by atoms with Crippen LogP contribution in [-0.2, 0) is 6.42 Å². The molecule has 0 fully saturated rings. The zero-order valence-corrected chi connectivity index (χ0v) is 11.0. The molecule has 0 bridgehead atoms. The first-order valence-corrected chi connectivity index (χ1v) is 6.85. The van der Waals surface area contributed by atoms with Crippen molar-refractivity contribution in [3.05, 3.63) is 36.0 Å². The van der Waals surface area contributed by atoms with Gasteiger partial charge in [0.2, 0.25) is 5.13 Å². The zero-order chi connectivity index (χ0) is 13.2. The standard InChI is InChI=1S/C13H13FN4S/c14-6-1-2-9-3-4-10-11(8-9)19-13(16-10)18-7-5-12(15)17-18/h3-5,7-8H,1-2,6H2,(H2,15,17)/i14-1. The summed E-state index contributed by atoms with van der Waals surface area (Å²) in [5.74, 6) is 0.475. The lowest BCUT2D eigenvalue weighted by Crippen LogP contribution is -1.94. The summed E-state index contributed by atoms with van der Waals surface area (Å²) < 4.78 is 14.9. The van der Waals surface area contributed by atoms with Crippen molar-refractivity contribution in [1.29, 1.82) is 0 Å². The fourth-order valence-corrected chi connectivity index (χ4v) is 2.89. The molecule has 3 rings (SSSR count). The molecule has 19 heavy (non-hydrogen) atoms. The number of aryl methyl sites for hydroxylation is 1. The number of nitrogens with zero attached hydrogens (tertiary/aromatic N) is 3. The Kier molecular flexibility index (Phi) is 3.16. The van der Waals surface area contributed by atoms with Gasteiger partial charge in [0.05, 0.1) is 16.9 Å². The van der Waals surface area contributed by atoms with Crippen molar-refractivity contribution in [2.24, 2.45) is 0 Å². The van der Waals surface area contributed by atoms with E-state index in [2.05, 4.69) is 16.1 Å². The largest absolute Gasteiger partial charge is 0.382 e. The number of fused-ring (bicyclic) bond motifs is 1. The third-order valence-corrected chi connectivity index (χ3v) is 3.85. The summed E-state index contributed by atoms with van der Waals surface area (Å²) in [7, 11) is 0. The highest BCUT2D eigenvalue weighted by Gasteiger charge is 2.07. The molecule has 2 aromatic heterocycles. The van der Waals surface area contributed by atoms with Crippen LogP contribution in [0.3, 0.4) is 0 Å². The second-order valence-corrected chi connectivity index (χ2v) is 5.29. The Morgan fingerprint density at radius 1 is 1.32 bits per heavy atom. The quantitative estimate of drug-likeness (QED) is 0.796. The zero-order valence-electron chi connectivity index (χ0n) is 10.2. The van der Waals surface area contributed by atoms with Crippen molar-refractivity contribution < 1.29 is 4.39 Å². The maximum absolute atomic E-state index is 12.2. The molecule has 98 valence electrons. The van der Waals surface area contributed by atoms with Crippen LogP contribution in [0.1, 0.15) is 12.0 Å². The maximum atomic E-state index is 12.2. The lowest BCUT2D eigenvalue weighted by Gasteiger charge is -1.97. The number of nitrogen functional groups attached to an aromatic ring is 1. The Hall–Kier alpha value is -1.95. The van der Waals surface area contributed by atoms with E-state index in [9.17, 15) is 4.39 Å². The molecule has 6 heteroatoms. The maximum Gasteiger partial charge on any atom is 0.211 e. The highest BCUT2D eigenvalue weighted by Crippen LogP contribution is 2.26. The van der Waals surface area contributed by atoms with Crippen LogP contribution in [0.15, 0.2) is 30.5 Å². The first-order chi connectivity index (χ1) is 9.26. The number of hydrogen-bond donors (Lipinski definition) is 1. The van der Waals surface area contributed by atoms with Crippen LogP contribution < -0.4 is 5.73 Å². The summed E-state index contributed by atoms with van der Waals surface area (Å²) in [6, 6.07) is 7.77. The molecule has 2 N–H and O–H groups in total. The van der Waals surface area contributed by atoms with Gasteiger partial charge in [0.25, 0.3) is 0 Å². The second-order valence-electron chi connectivity index (χ2n) is 4.28. The summed E-state index contributed by atoms with van der Waals surface area (Å²) in [5, 5.41) is 4.93. The molecular formula is C13H13FN4S. The molecule has 0 saturated carbocycles. The third kappa shape index (κ3) is 2.44. The summed E-state index contributed by atoms with van der Waals surface area (Å²) >= 11 is 1.55. The van der Waals surface area contributed by atoms with Crippen molar-refractivity contribution in [1.82, 2.24) is 14.8 Å². The lowest BCUT2D eigenvalue weighted by molar-refractivity contribution is 0.473. The van der Waals surface area contributed by atoms with Gasteiger partial charge in [-0.3, -0.25) is 4.39 Å². The number of anilines is 1. The van der Waals surface area contributed by atoms with Crippen LogP contribution in [0.2, 0.25) is 0 Å². The Balaban J connectivity index is 1.96. The van der Waals surface area contributed by atoms with Crippen LogP contribution in [-0.4, -0.2) is 21.4 Å². The van der Waals surface area contributed by atoms with E-state index in [1.165, 1.54) is 0 Å². The highest BCUT2D eigenvalue weighted by atomic mass is 32.1. The second kappa shape index (κ2) is 4.97. The number of aromatic nitrogens is 3. The van der Waals surface area contributed by atoms with Crippen LogP contribution in [0.5, 0.6) is 0 Å². The van der Waals surface area contributed by atoms with Crippen LogP contribution in [0.4, 0.5) is 10.2 Å². The molecule has 0 aliphatic heterocycles. The predicted molar refractivity (Wildman–Crippen MR) is 75.5 cm³/mol. The predicted octanol–water partition coefficient (Wildman–Crippen LogP) is 2.97. The van der Waals surface area contributed by atoms with Gasteiger partial charge in [-0.15, -0.1) is 5.10 Å². The highest BCUT2D eigenvalue weighted by molar-refractivity contribution is 7.20. The number of halogens is 1. The van der Waals surface area contributed by atoms with E-state index in [1.54, 1.807) is 28.3 Å². The van der Waals surface area contributed by atoms with Gasteiger partial charge in [-0.2, -0.15) is 0 Å². The Labute approximate surface area is 113 Å². The normalized spacial score (nSPS) is 11.2. The van der Waals surface area contributed by atoms with Gasteiger partial charge in [0, 0.05) is 12.3 Å². The average molecular weight is 275 g/mol. The molecule has 0 spiro atoms. The summed E-state index contributed by atoms with van der Waals surface area (Å²) in [4.78, 5) is 4.51. The Morgan fingerprint density at radius 3 is 2.95 bits per heavy atom. The lowest BCUT2D eigenvalue weighted by atomic mass is 10.1. The van der Waals surface area contributed by atoms with Gasteiger partial charge in [-0.05, 0) is 30.5 Å². The van der Waals surface area contributed by atoms with Gasteiger partial charge in [-0.25, -0.2) is 9.67 Å². The Bertz CT molecular complexity index is 704.